The first-order valence-corrected chi connectivity index (χ1v) is 6.55. The first-order valence-electron chi connectivity index (χ1n) is 6.55. The zero-order valence-electron chi connectivity index (χ0n) is 11.2. The molecule has 1 saturated carbocycles. The highest BCUT2D eigenvalue weighted by Gasteiger charge is 2.45. The fourth-order valence-corrected chi connectivity index (χ4v) is 2.88. The van der Waals surface area contributed by atoms with Gasteiger partial charge in [0.15, 0.2) is 0 Å². The summed E-state index contributed by atoms with van der Waals surface area (Å²) in [5, 5.41) is 0. The molecule has 0 bridgehead atoms. The van der Waals surface area contributed by atoms with E-state index in [4.69, 9.17) is 4.74 Å². The summed E-state index contributed by atoms with van der Waals surface area (Å²) in [6.45, 7) is 7.17. The molecular formula is C14H26O2. The molecule has 0 heterocycles. The molecule has 2 atom stereocenters. The van der Waals surface area contributed by atoms with Crippen LogP contribution in [-0.4, -0.2) is 19.5 Å². The van der Waals surface area contributed by atoms with Gasteiger partial charge in [-0.3, -0.25) is 4.79 Å². The molecule has 0 amide bonds. The fourth-order valence-electron chi connectivity index (χ4n) is 2.88. The van der Waals surface area contributed by atoms with Gasteiger partial charge in [0.05, 0.1) is 12.0 Å². The maximum absolute atomic E-state index is 12.4. The van der Waals surface area contributed by atoms with E-state index >= 15 is 0 Å². The molecule has 16 heavy (non-hydrogen) atoms. The van der Waals surface area contributed by atoms with E-state index in [1.165, 1.54) is 12.8 Å². The Bertz CT molecular complexity index is 235. The van der Waals surface area contributed by atoms with Crippen LogP contribution in [-0.2, 0) is 9.53 Å². The number of carbonyl (C=O) groups excluding carboxylic acids is 1. The van der Waals surface area contributed by atoms with Crippen LogP contribution in [0.4, 0.5) is 0 Å². The van der Waals surface area contributed by atoms with Crippen LogP contribution in [0.2, 0.25) is 0 Å². The average molecular weight is 226 g/mol. The molecule has 94 valence electrons. The molecule has 2 heteroatoms. The monoisotopic (exact) mass is 226 g/mol. The van der Waals surface area contributed by atoms with E-state index in [0.717, 1.165) is 19.3 Å². The van der Waals surface area contributed by atoms with Gasteiger partial charge in [0, 0.05) is 13.5 Å². The molecule has 2 nitrogen and oxygen atoms in total. The Morgan fingerprint density at radius 2 is 2.19 bits per heavy atom. The van der Waals surface area contributed by atoms with E-state index in [2.05, 4.69) is 20.8 Å². The highest BCUT2D eigenvalue weighted by Crippen LogP contribution is 2.45. The number of hydrogen-bond acceptors (Lipinski definition) is 2. The maximum atomic E-state index is 12.4. The van der Waals surface area contributed by atoms with Crippen LogP contribution in [0, 0.1) is 17.3 Å². The van der Waals surface area contributed by atoms with Gasteiger partial charge >= 0.3 is 0 Å². The van der Waals surface area contributed by atoms with Gasteiger partial charge in [0.25, 0.3) is 0 Å². The molecule has 0 saturated heterocycles. The van der Waals surface area contributed by atoms with Crippen LogP contribution >= 0.6 is 0 Å². The molecule has 0 radical (unpaired) electrons. The number of hydrogen-bond donors (Lipinski definition) is 0. The van der Waals surface area contributed by atoms with Crippen molar-refractivity contribution in [3.05, 3.63) is 0 Å². The predicted molar refractivity (Wildman–Crippen MR) is 66.4 cm³/mol. The second-order valence-corrected chi connectivity index (χ2v) is 5.74. The Morgan fingerprint density at radius 1 is 1.50 bits per heavy atom. The summed E-state index contributed by atoms with van der Waals surface area (Å²) in [4.78, 5) is 12.4. The smallest absolute Gasteiger partial charge is 0.141 e. The molecule has 1 fully saturated rings. The second-order valence-electron chi connectivity index (χ2n) is 5.74. The first kappa shape index (κ1) is 13.7. The molecule has 0 aromatic heterocycles. The number of methoxy groups -OCH3 is 1. The van der Waals surface area contributed by atoms with Crippen molar-refractivity contribution in [1.29, 1.82) is 0 Å². The van der Waals surface area contributed by atoms with Crippen molar-refractivity contribution >= 4 is 5.78 Å². The molecule has 1 rings (SSSR count). The maximum Gasteiger partial charge on any atom is 0.141 e. The summed E-state index contributed by atoms with van der Waals surface area (Å²) >= 11 is 0. The van der Waals surface area contributed by atoms with E-state index in [0.29, 0.717) is 24.2 Å². The van der Waals surface area contributed by atoms with Gasteiger partial charge in [0.2, 0.25) is 0 Å². The minimum absolute atomic E-state index is 0.163. The van der Waals surface area contributed by atoms with Crippen molar-refractivity contribution in [2.75, 3.05) is 13.7 Å². The van der Waals surface area contributed by atoms with Crippen LogP contribution < -0.4 is 0 Å². The highest BCUT2D eigenvalue weighted by atomic mass is 16.5. The second kappa shape index (κ2) is 5.81. The molecule has 0 aromatic rings. The summed E-state index contributed by atoms with van der Waals surface area (Å²) in [7, 11) is 1.71. The zero-order chi connectivity index (χ0) is 12.2. The standard InChI is InChI=1S/C14H26O2/c1-11(2)7-8-13(15)14(10-16-4)9-5-6-12(14)3/h11-12H,5-10H2,1-4H3/t12?,14-/m0/s1. The minimum atomic E-state index is -0.163. The molecule has 0 spiro atoms. The quantitative estimate of drug-likeness (QED) is 0.693. The van der Waals surface area contributed by atoms with Crippen molar-refractivity contribution in [3.8, 4) is 0 Å². The lowest BCUT2D eigenvalue weighted by molar-refractivity contribution is -0.134. The summed E-state index contributed by atoms with van der Waals surface area (Å²) < 4.78 is 5.31. The summed E-state index contributed by atoms with van der Waals surface area (Å²) in [5.41, 5.74) is -0.163. The van der Waals surface area contributed by atoms with Crippen molar-refractivity contribution in [2.24, 2.45) is 17.3 Å². The van der Waals surface area contributed by atoms with Gasteiger partial charge in [-0.15, -0.1) is 0 Å². The van der Waals surface area contributed by atoms with Crippen LogP contribution in [0.5, 0.6) is 0 Å². The number of ketones is 1. The van der Waals surface area contributed by atoms with Crippen molar-refractivity contribution in [2.45, 2.75) is 52.9 Å². The van der Waals surface area contributed by atoms with Gasteiger partial charge in [-0.05, 0) is 31.1 Å². The minimum Gasteiger partial charge on any atom is -0.384 e. The van der Waals surface area contributed by atoms with E-state index in [1.807, 2.05) is 0 Å². The van der Waals surface area contributed by atoms with Crippen LogP contribution in [0.1, 0.15) is 52.9 Å². The molecule has 1 aliphatic carbocycles. The lowest BCUT2D eigenvalue weighted by atomic mass is 9.74. The van der Waals surface area contributed by atoms with Crippen LogP contribution in [0.3, 0.4) is 0 Å². The zero-order valence-corrected chi connectivity index (χ0v) is 11.2. The largest absolute Gasteiger partial charge is 0.384 e. The molecule has 1 aliphatic rings. The number of Topliss-reactive ketones (excluding diaryl/α,β-unsaturated/α-hetero) is 1. The normalized spacial score (nSPS) is 29.9. The fraction of sp³-hybridized carbons (Fsp3) is 0.929. The topological polar surface area (TPSA) is 26.3 Å². The summed E-state index contributed by atoms with van der Waals surface area (Å²) in [5.74, 6) is 1.54. The predicted octanol–water partition coefficient (Wildman–Crippen LogP) is 3.44. The van der Waals surface area contributed by atoms with Crippen molar-refractivity contribution in [3.63, 3.8) is 0 Å². The Hall–Kier alpha value is -0.370. The van der Waals surface area contributed by atoms with Crippen LogP contribution in [0.15, 0.2) is 0 Å². The highest BCUT2D eigenvalue weighted by molar-refractivity contribution is 5.85. The molecule has 0 N–H and O–H groups in total. The Kier molecular flexibility index (Phi) is 4.97. The number of rotatable bonds is 6. The molecule has 0 aromatic carbocycles. The summed E-state index contributed by atoms with van der Waals surface area (Å²) in [6, 6.07) is 0. The van der Waals surface area contributed by atoms with Crippen molar-refractivity contribution < 1.29 is 9.53 Å². The SMILES string of the molecule is COC[C@@]1(C(=O)CCC(C)C)CCCC1C. The number of carbonyl (C=O) groups is 1. The first-order chi connectivity index (χ1) is 7.53. The van der Waals surface area contributed by atoms with Gasteiger partial charge in [-0.25, -0.2) is 0 Å². The van der Waals surface area contributed by atoms with Gasteiger partial charge in [0.1, 0.15) is 5.78 Å². The van der Waals surface area contributed by atoms with Gasteiger partial charge in [-0.2, -0.15) is 0 Å². The third kappa shape index (κ3) is 2.85. The van der Waals surface area contributed by atoms with E-state index in [9.17, 15) is 4.79 Å². The van der Waals surface area contributed by atoms with Gasteiger partial charge < -0.3 is 4.74 Å². The Balaban J connectivity index is 2.65. The molecular weight excluding hydrogens is 200 g/mol. The third-order valence-electron chi connectivity index (χ3n) is 4.11. The van der Waals surface area contributed by atoms with Crippen LogP contribution in [0.25, 0.3) is 0 Å². The van der Waals surface area contributed by atoms with Gasteiger partial charge in [-0.1, -0.05) is 27.2 Å². The lowest BCUT2D eigenvalue weighted by Gasteiger charge is -2.31. The van der Waals surface area contributed by atoms with E-state index in [1.54, 1.807) is 7.11 Å². The van der Waals surface area contributed by atoms with E-state index in [-0.39, 0.29) is 5.41 Å². The third-order valence-corrected chi connectivity index (χ3v) is 4.11. The lowest BCUT2D eigenvalue weighted by Crippen LogP contribution is -2.38. The Labute approximate surface area is 99.8 Å². The summed E-state index contributed by atoms with van der Waals surface area (Å²) in [6.07, 6.45) is 5.12. The van der Waals surface area contributed by atoms with E-state index < -0.39 is 0 Å². The Morgan fingerprint density at radius 3 is 2.62 bits per heavy atom. The average Bonchev–Trinajstić information content (AvgIpc) is 2.58. The van der Waals surface area contributed by atoms with Crippen molar-refractivity contribution in [1.82, 2.24) is 0 Å². The number of ether oxygens (including phenoxy) is 1. The molecule has 0 aliphatic heterocycles. The molecule has 1 unspecified atom stereocenters.